The standard InChI is InChI=1S/C14H16N4O3/c1-2-6-20-13-11(15)14(18-8-17-13)21-10-5-3-4-9(7-10)12(16)19/h3-5,7-8H,2,6,15H2,1H3,(H2,16,19). The van der Waals surface area contributed by atoms with Crippen molar-refractivity contribution in [3.8, 4) is 17.5 Å². The quantitative estimate of drug-likeness (QED) is 0.837. The third-order valence-corrected chi connectivity index (χ3v) is 2.59. The van der Waals surface area contributed by atoms with Crippen molar-refractivity contribution in [2.75, 3.05) is 12.3 Å². The van der Waals surface area contributed by atoms with Gasteiger partial charge in [0.05, 0.1) is 6.61 Å². The van der Waals surface area contributed by atoms with E-state index >= 15 is 0 Å². The van der Waals surface area contributed by atoms with Crippen molar-refractivity contribution >= 4 is 11.6 Å². The molecule has 110 valence electrons. The highest BCUT2D eigenvalue weighted by atomic mass is 16.5. The summed E-state index contributed by atoms with van der Waals surface area (Å²) in [5.41, 5.74) is 11.7. The van der Waals surface area contributed by atoms with Crippen molar-refractivity contribution in [2.24, 2.45) is 5.73 Å². The number of carbonyl (C=O) groups is 1. The van der Waals surface area contributed by atoms with E-state index in [1.807, 2.05) is 6.92 Å². The molecule has 0 atom stereocenters. The molecule has 21 heavy (non-hydrogen) atoms. The zero-order valence-electron chi connectivity index (χ0n) is 11.6. The minimum absolute atomic E-state index is 0.165. The summed E-state index contributed by atoms with van der Waals surface area (Å²) in [5, 5.41) is 0. The van der Waals surface area contributed by atoms with Crippen LogP contribution >= 0.6 is 0 Å². The van der Waals surface area contributed by atoms with E-state index in [1.54, 1.807) is 18.2 Å². The van der Waals surface area contributed by atoms with Gasteiger partial charge in [0.15, 0.2) is 5.69 Å². The van der Waals surface area contributed by atoms with E-state index in [1.165, 1.54) is 12.4 Å². The molecule has 1 aromatic heterocycles. The van der Waals surface area contributed by atoms with Crippen molar-refractivity contribution in [1.29, 1.82) is 0 Å². The van der Waals surface area contributed by atoms with Gasteiger partial charge in [0.2, 0.25) is 17.7 Å². The number of primary amides is 1. The Hall–Kier alpha value is -2.83. The fraction of sp³-hybridized carbons (Fsp3) is 0.214. The molecule has 0 unspecified atom stereocenters. The number of benzene rings is 1. The molecule has 0 bridgehead atoms. The number of rotatable bonds is 6. The Labute approximate surface area is 121 Å². The second-order valence-corrected chi connectivity index (χ2v) is 4.24. The Morgan fingerprint density at radius 1 is 1.29 bits per heavy atom. The first kappa shape index (κ1) is 14.6. The van der Waals surface area contributed by atoms with Crippen molar-refractivity contribution < 1.29 is 14.3 Å². The van der Waals surface area contributed by atoms with Gasteiger partial charge in [0.25, 0.3) is 0 Å². The summed E-state index contributed by atoms with van der Waals surface area (Å²) in [6, 6.07) is 6.42. The van der Waals surface area contributed by atoms with Gasteiger partial charge < -0.3 is 20.9 Å². The van der Waals surface area contributed by atoms with E-state index < -0.39 is 5.91 Å². The van der Waals surface area contributed by atoms with Crippen molar-refractivity contribution in [1.82, 2.24) is 9.97 Å². The van der Waals surface area contributed by atoms with Gasteiger partial charge in [-0.3, -0.25) is 4.79 Å². The fourth-order valence-electron chi connectivity index (χ4n) is 1.58. The molecule has 0 fully saturated rings. The molecule has 1 aromatic carbocycles. The van der Waals surface area contributed by atoms with Crippen LogP contribution in [0.2, 0.25) is 0 Å². The molecule has 7 heteroatoms. The molecule has 2 rings (SSSR count). The van der Waals surface area contributed by atoms with Gasteiger partial charge >= 0.3 is 0 Å². The first-order chi connectivity index (χ1) is 10.1. The average Bonchev–Trinajstić information content (AvgIpc) is 2.48. The number of nitrogen functional groups attached to an aromatic ring is 1. The smallest absolute Gasteiger partial charge is 0.249 e. The van der Waals surface area contributed by atoms with Crippen LogP contribution in [0.5, 0.6) is 17.5 Å². The lowest BCUT2D eigenvalue weighted by molar-refractivity contribution is 0.1000. The van der Waals surface area contributed by atoms with Crippen LogP contribution in [0.25, 0.3) is 0 Å². The van der Waals surface area contributed by atoms with Crippen LogP contribution in [0.1, 0.15) is 23.7 Å². The highest BCUT2D eigenvalue weighted by molar-refractivity contribution is 5.93. The van der Waals surface area contributed by atoms with E-state index in [0.29, 0.717) is 17.9 Å². The number of amides is 1. The molecule has 1 amide bonds. The van der Waals surface area contributed by atoms with Gasteiger partial charge in [-0.25, -0.2) is 0 Å². The Kier molecular flexibility index (Phi) is 4.55. The average molecular weight is 288 g/mol. The van der Waals surface area contributed by atoms with Gasteiger partial charge in [0, 0.05) is 5.56 Å². The maximum atomic E-state index is 11.1. The molecule has 0 aliphatic carbocycles. The molecular formula is C14H16N4O3. The monoisotopic (exact) mass is 288 g/mol. The van der Waals surface area contributed by atoms with Crippen LogP contribution in [0.3, 0.4) is 0 Å². The SMILES string of the molecule is CCCOc1ncnc(Oc2cccc(C(N)=O)c2)c1N. The molecule has 7 nitrogen and oxygen atoms in total. The van der Waals surface area contributed by atoms with Crippen LogP contribution in [0, 0.1) is 0 Å². The lowest BCUT2D eigenvalue weighted by Crippen LogP contribution is -2.10. The Balaban J connectivity index is 2.23. The number of aromatic nitrogens is 2. The second-order valence-electron chi connectivity index (χ2n) is 4.24. The maximum absolute atomic E-state index is 11.1. The molecule has 4 N–H and O–H groups in total. The van der Waals surface area contributed by atoms with E-state index in [0.717, 1.165) is 6.42 Å². The molecule has 0 saturated carbocycles. The third-order valence-electron chi connectivity index (χ3n) is 2.59. The molecule has 0 aliphatic heterocycles. The number of nitrogens with zero attached hydrogens (tertiary/aromatic N) is 2. The summed E-state index contributed by atoms with van der Waals surface area (Å²) in [7, 11) is 0. The molecule has 0 radical (unpaired) electrons. The fourth-order valence-corrected chi connectivity index (χ4v) is 1.58. The highest BCUT2D eigenvalue weighted by Gasteiger charge is 2.12. The lowest BCUT2D eigenvalue weighted by atomic mass is 10.2. The summed E-state index contributed by atoms with van der Waals surface area (Å²) < 4.78 is 11.0. The first-order valence-electron chi connectivity index (χ1n) is 6.42. The minimum Gasteiger partial charge on any atom is -0.476 e. The topological polar surface area (TPSA) is 113 Å². The van der Waals surface area contributed by atoms with E-state index in [9.17, 15) is 4.79 Å². The van der Waals surface area contributed by atoms with Gasteiger partial charge in [-0.15, -0.1) is 0 Å². The normalized spacial score (nSPS) is 10.1. The zero-order valence-corrected chi connectivity index (χ0v) is 11.6. The zero-order chi connectivity index (χ0) is 15.2. The number of hydrogen-bond donors (Lipinski definition) is 2. The predicted molar refractivity (Wildman–Crippen MR) is 77.3 cm³/mol. The Bertz CT molecular complexity index is 646. The Morgan fingerprint density at radius 3 is 2.76 bits per heavy atom. The summed E-state index contributed by atoms with van der Waals surface area (Å²) in [4.78, 5) is 19.1. The van der Waals surface area contributed by atoms with Gasteiger partial charge in [-0.1, -0.05) is 13.0 Å². The van der Waals surface area contributed by atoms with Crippen molar-refractivity contribution in [2.45, 2.75) is 13.3 Å². The number of hydrogen-bond acceptors (Lipinski definition) is 6. The van der Waals surface area contributed by atoms with Crippen LogP contribution in [0.15, 0.2) is 30.6 Å². The van der Waals surface area contributed by atoms with Crippen LogP contribution in [-0.4, -0.2) is 22.5 Å². The molecule has 2 aromatic rings. The Morgan fingerprint density at radius 2 is 2.05 bits per heavy atom. The van der Waals surface area contributed by atoms with Crippen LogP contribution in [-0.2, 0) is 0 Å². The number of anilines is 1. The van der Waals surface area contributed by atoms with Gasteiger partial charge in [-0.2, -0.15) is 9.97 Å². The van der Waals surface area contributed by atoms with Crippen molar-refractivity contribution in [3.05, 3.63) is 36.2 Å². The summed E-state index contributed by atoms with van der Waals surface area (Å²) in [5.74, 6) is 0.298. The number of nitrogens with two attached hydrogens (primary N) is 2. The van der Waals surface area contributed by atoms with E-state index in [4.69, 9.17) is 20.9 Å². The summed E-state index contributed by atoms with van der Waals surface area (Å²) in [6.07, 6.45) is 2.13. The van der Waals surface area contributed by atoms with Crippen molar-refractivity contribution in [3.63, 3.8) is 0 Å². The number of ether oxygens (including phenoxy) is 2. The van der Waals surface area contributed by atoms with E-state index in [-0.39, 0.29) is 17.4 Å². The first-order valence-corrected chi connectivity index (χ1v) is 6.42. The highest BCUT2D eigenvalue weighted by Crippen LogP contribution is 2.30. The lowest BCUT2D eigenvalue weighted by Gasteiger charge is -2.10. The largest absolute Gasteiger partial charge is 0.476 e. The molecule has 0 saturated heterocycles. The summed E-state index contributed by atoms with van der Waals surface area (Å²) in [6.45, 7) is 2.47. The second kappa shape index (κ2) is 6.56. The third kappa shape index (κ3) is 3.59. The number of carbonyl (C=O) groups excluding carboxylic acids is 1. The van der Waals surface area contributed by atoms with Crippen LogP contribution in [0.4, 0.5) is 5.69 Å². The van der Waals surface area contributed by atoms with Gasteiger partial charge in [0.1, 0.15) is 12.1 Å². The minimum atomic E-state index is -0.539. The maximum Gasteiger partial charge on any atom is 0.249 e. The molecular weight excluding hydrogens is 272 g/mol. The van der Waals surface area contributed by atoms with Crippen LogP contribution < -0.4 is 20.9 Å². The van der Waals surface area contributed by atoms with Gasteiger partial charge in [-0.05, 0) is 24.6 Å². The van der Waals surface area contributed by atoms with E-state index in [2.05, 4.69) is 9.97 Å². The molecule has 0 spiro atoms. The molecule has 1 heterocycles. The predicted octanol–water partition coefficient (Wildman–Crippen LogP) is 1.74. The molecule has 0 aliphatic rings. The summed E-state index contributed by atoms with van der Waals surface area (Å²) >= 11 is 0.